The van der Waals surface area contributed by atoms with Crippen LogP contribution in [0, 0.1) is 0 Å². The van der Waals surface area contributed by atoms with E-state index in [1.54, 1.807) is 0 Å². The Balaban J connectivity index is 1.34. The molecule has 0 saturated carbocycles. The highest BCUT2D eigenvalue weighted by Crippen LogP contribution is 2.67. The smallest absolute Gasteiger partial charge is 0.332 e. The molecular formula is C56H75N8O6P3. The molecule has 1 saturated heterocycles. The fourth-order valence-electron chi connectivity index (χ4n) is 8.23. The van der Waals surface area contributed by atoms with Gasteiger partial charge in [-0.05, 0) is 204 Å². The van der Waals surface area contributed by atoms with Crippen molar-refractivity contribution >= 4 is 25.8 Å². The lowest BCUT2D eigenvalue weighted by molar-refractivity contribution is 0.0661. The van der Waals surface area contributed by atoms with E-state index in [1.807, 2.05) is 118 Å². The van der Waals surface area contributed by atoms with Crippen molar-refractivity contribution in [2.24, 2.45) is 28.7 Å². The number of aryl methyl sites for hydroxylation is 5. The molecule has 0 bridgehead atoms. The van der Waals surface area contributed by atoms with E-state index in [0.717, 1.165) is 141 Å². The minimum atomic E-state index is -1.96. The third-order valence-electron chi connectivity index (χ3n) is 12.2. The maximum atomic E-state index is 7.31. The van der Waals surface area contributed by atoms with E-state index in [4.69, 9.17) is 56.9 Å². The summed E-state index contributed by atoms with van der Waals surface area (Å²) in [5.74, 6) is 4.90. The van der Waals surface area contributed by atoms with Crippen LogP contribution in [0.3, 0.4) is 0 Å². The first-order chi connectivity index (χ1) is 36.0. The lowest BCUT2D eigenvalue weighted by Crippen LogP contribution is -2.37. The number of hydrogen-bond donors (Lipinski definition) is 6. The molecule has 17 heteroatoms. The predicted molar refractivity (Wildman–Crippen MR) is 300 cm³/mol. The number of para-hydroxylation sites is 6. The Morgan fingerprint density at radius 2 is 0.740 bits per heavy atom. The summed E-state index contributed by atoms with van der Waals surface area (Å²) in [5, 5.41) is 0. The number of unbranched alkanes of at least 4 members (excludes halogenated alkanes) is 5. The molecular weight excluding hydrogens is 974 g/mol. The number of nitrogens with zero attached hydrogens (tertiary/aromatic N) is 2. The second-order valence-electron chi connectivity index (χ2n) is 17.7. The Kier molecular flexibility index (Phi) is 23.8. The van der Waals surface area contributed by atoms with E-state index in [1.165, 1.54) is 0 Å². The second kappa shape index (κ2) is 31.1. The molecule has 1 fully saturated rings. The van der Waals surface area contributed by atoms with Gasteiger partial charge in [0, 0.05) is 4.60 Å². The van der Waals surface area contributed by atoms with Gasteiger partial charge in [-0.25, -0.2) is 4.86 Å². The summed E-state index contributed by atoms with van der Waals surface area (Å²) in [6.45, 7) is 3.09. The molecule has 6 aromatic rings. The number of ether oxygens (including phenoxy) is 2. The van der Waals surface area contributed by atoms with Gasteiger partial charge in [0.1, 0.15) is 17.2 Å². The monoisotopic (exact) mass is 1050 g/mol. The van der Waals surface area contributed by atoms with Crippen molar-refractivity contribution in [3.63, 3.8) is 0 Å². The Hall–Kier alpha value is -4.91. The summed E-state index contributed by atoms with van der Waals surface area (Å²) in [4.78, 5) is 17.9. The van der Waals surface area contributed by atoms with Crippen molar-refractivity contribution in [3.05, 3.63) is 167 Å². The van der Waals surface area contributed by atoms with Gasteiger partial charge in [-0.2, -0.15) is 0 Å². The molecule has 14 nitrogen and oxygen atoms in total. The summed E-state index contributed by atoms with van der Waals surface area (Å²) in [7, 11) is -3.99. The minimum absolute atomic E-state index is 0.131. The van der Waals surface area contributed by atoms with E-state index < -0.39 is 16.9 Å². The number of nitrogens with one attached hydrogen (secondary N) is 1. The fourth-order valence-corrected chi connectivity index (χ4v) is 13.8. The first-order valence-corrected chi connectivity index (χ1v) is 29.2. The second-order valence-corrected chi connectivity index (χ2v) is 22.4. The molecule has 1 heterocycles. The van der Waals surface area contributed by atoms with Crippen LogP contribution in [0.4, 0.5) is 0 Å². The maximum Gasteiger partial charge on any atom is 0.332 e. The minimum Gasteiger partial charge on any atom is -0.453 e. The van der Waals surface area contributed by atoms with Crippen LogP contribution in [0.5, 0.6) is 46.0 Å². The van der Waals surface area contributed by atoms with E-state index >= 15 is 0 Å². The average molecular weight is 1050 g/mol. The summed E-state index contributed by atoms with van der Waals surface area (Å²) in [5.41, 5.74) is 35.0. The molecule has 1 aliphatic heterocycles. The van der Waals surface area contributed by atoms with Gasteiger partial charge in [0.15, 0.2) is 23.0 Å². The molecule has 0 aromatic heterocycles. The van der Waals surface area contributed by atoms with Gasteiger partial charge in [0.05, 0.1) is 8.88 Å². The number of benzene rings is 6. The molecule has 7 rings (SSSR count). The van der Waals surface area contributed by atoms with Crippen molar-refractivity contribution in [1.29, 1.82) is 0 Å². The van der Waals surface area contributed by atoms with Crippen molar-refractivity contribution in [2.45, 2.75) is 96.3 Å². The Morgan fingerprint density at radius 3 is 1.22 bits per heavy atom. The summed E-state index contributed by atoms with van der Waals surface area (Å²) >= 11 is 0. The number of rotatable bonds is 32. The van der Waals surface area contributed by atoms with Gasteiger partial charge < -0.3 is 56.9 Å². The van der Waals surface area contributed by atoms with Crippen molar-refractivity contribution in [2.75, 3.05) is 32.7 Å². The molecule has 6 aromatic carbocycles. The Morgan fingerprint density at radius 1 is 0.370 bits per heavy atom. The highest BCUT2D eigenvalue weighted by Gasteiger charge is 2.47. The summed E-state index contributed by atoms with van der Waals surface area (Å²) in [6.07, 6.45) is 13.1. The zero-order valence-corrected chi connectivity index (χ0v) is 44.8. The number of hydrogen-bond acceptors (Lipinski definition) is 14. The van der Waals surface area contributed by atoms with Crippen molar-refractivity contribution < 1.29 is 28.2 Å². The van der Waals surface area contributed by atoms with Gasteiger partial charge in [-0.15, -0.1) is 0 Å². The van der Waals surface area contributed by atoms with E-state index in [9.17, 15) is 0 Å². The van der Waals surface area contributed by atoms with Gasteiger partial charge in [-0.3, -0.25) is 0 Å². The molecule has 11 N–H and O–H groups in total. The van der Waals surface area contributed by atoms with E-state index in [2.05, 4.69) is 35.2 Å². The van der Waals surface area contributed by atoms with Crippen LogP contribution in [0.15, 0.2) is 140 Å². The molecule has 0 radical (unpaired) electrons. The largest absolute Gasteiger partial charge is 0.453 e. The zero-order chi connectivity index (χ0) is 50.9. The lowest BCUT2D eigenvalue weighted by Gasteiger charge is -2.42. The van der Waals surface area contributed by atoms with Crippen molar-refractivity contribution in [1.82, 2.24) is 14.1 Å². The molecule has 73 heavy (non-hydrogen) atoms. The van der Waals surface area contributed by atoms with Gasteiger partial charge >= 0.3 is 8.45 Å². The molecule has 390 valence electrons. The Bertz CT molecular complexity index is 2570. The zero-order valence-electron chi connectivity index (χ0n) is 42.0. The third kappa shape index (κ3) is 16.8. The molecule has 0 spiro atoms. The SMILES string of the molecule is NCCCCc1ccccc1Oc1cccc(OP2NPN(Oc3ccccc3CCCCN)P(Oc3ccccc3CCCCN)N2Oc2ccccc2CCCCN)c1Oc1ccccc1CCCCN. The van der Waals surface area contributed by atoms with Gasteiger partial charge in [-0.1, -0.05) is 97.1 Å². The predicted octanol–water partition coefficient (Wildman–Crippen LogP) is 12.3. The molecule has 1 aliphatic rings. The first kappa shape index (κ1) is 55.8. The van der Waals surface area contributed by atoms with Crippen LogP contribution < -0.4 is 61.7 Å². The van der Waals surface area contributed by atoms with Crippen molar-refractivity contribution in [3.8, 4) is 46.0 Å². The third-order valence-corrected chi connectivity index (χ3v) is 17.3. The van der Waals surface area contributed by atoms with Crippen LogP contribution in [-0.2, 0) is 32.1 Å². The van der Waals surface area contributed by atoms with Gasteiger partial charge in [0.25, 0.3) is 8.45 Å². The molecule has 0 aliphatic carbocycles. The highest BCUT2D eigenvalue weighted by molar-refractivity contribution is 7.74. The lowest BCUT2D eigenvalue weighted by atomic mass is 10.1. The fraction of sp³-hybridized carbons (Fsp3) is 0.357. The maximum absolute atomic E-state index is 7.31. The average Bonchev–Trinajstić information content (AvgIpc) is 3.41. The molecule has 0 amide bonds. The van der Waals surface area contributed by atoms with Crippen LogP contribution in [0.25, 0.3) is 0 Å². The number of nitrogens with two attached hydrogens (primary N) is 5. The van der Waals surface area contributed by atoms with Crippen LogP contribution in [0.2, 0.25) is 0 Å². The Labute approximate surface area is 437 Å². The normalized spacial score (nSPS) is 15.3. The molecule has 3 atom stereocenters. The van der Waals surface area contributed by atoms with Gasteiger partial charge in [0.2, 0.25) is 5.75 Å². The molecule has 3 unspecified atom stereocenters. The quantitative estimate of drug-likeness (QED) is 0.0172. The summed E-state index contributed by atoms with van der Waals surface area (Å²) in [6, 6.07) is 46.4. The van der Waals surface area contributed by atoms with Crippen LogP contribution >= 0.6 is 25.8 Å². The standard InChI is InChI=1S/C56H75N8O6P3/c57-39-16-11-27-44-22-1-6-32-49(44)65-54-37-21-38-55(56(54)66-50-33-7-2-23-45(50)28-12-17-40-58)69-72-62-71-63(67-51-34-8-3-24-46(51)29-13-18-41-59)73(70-53-36-10-5-26-48(53)31-15-20-43-61)64(72)68-52-35-9-4-25-47(52)30-14-19-42-60/h1-10,21-26,32-38,62,71H,11-20,27-31,39-43,57-61H2. The van der Waals surface area contributed by atoms with Crippen LogP contribution in [0.1, 0.15) is 92.0 Å². The van der Waals surface area contributed by atoms with Crippen LogP contribution in [-0.4, -0.2) is 41.9 Å². The topological polar surface area (TPSA) is 204 Å². The summed E-state index contributed by atoms with van der Waals surface area (Å²) < 4.78 is 32.3. The van der Waals surface area contributed by atoms with E-state index in [0.29, 0.717) is 61.5 Å². The van der Waals surface area contributed by atoms with E-state index in [-0.39, 0.29) is 8.88 Å². The first-order valence-electron chi connectivity index (χ1n) is 25.9. The highest BCUT2D eigenvalue weighted by atomic mass is 31.3.